The van der Waals surface area contributed by atoms with Crippen LogP contribution >= 0.6 is 11.6 Å². The first-order valence-corrected chi connectivity index (χ1v) is 3.89. The fourth-order valence-corrected chi connectivity index (χ4v) is 1.10. The van der Waals surface area contributed by atoms with Gasteiger partial charge in [0, 0.05) is 11.6 Å². The van der Waals surface area contributed by atoms with Crippen LogP contribution in [-0.2, 0) is 5.88 Å². The molecule has 64 valence electrons. The summed E-state index contributed by atoms with van der Waals surface area (Å²) in [7, 11) is 0. The number of carbonyl (C=O) groups is 1. The number of alkyl halides is 1. The second-order valence-electron chi connectivity index (χ2n) is 2.20. The molecule has 1 amide bonds. The number of amides is 1. The Bertz CT molecular complexity index is 288. The minimum Gasteiger partial charge on any atom is -0.530 e. The number of halogens is 1. The highest BCUT2D eigenvalue weighted by molar-refractivity contribution is 6.17. The molecule has 0 aliphatic rings. The van der Waals surface area contributed by atoms with Crippen molar-refractivity contribution < 1.29 is 9.90 Å². The van der Waals surface area contributed by atoms with E-state index in [1.807, 2.05) is 0 Å². The van der Waals surface area contributed by atoms with E-state index in [9.17, 15) is 9.90 Å². The number of para-hydroxylation sites is 1. The van der Waals surface area contributed by atoms with Crippen molar-refractivity contribution in [2.45, 2.75) is 5.88 Å². The van der Waals surface area contributed by atoms with Crippen LogP contribution in [0.4, 0.5) is 10.5 Å². The van der Waals surface area contributed by atoms with E-state index in [1.54, 1.807) is 24.3 Å². The van der Waals surface area contributed by atoms with Gasteiger partial charge in [-0.15, -0.1) is 11.6 Å². The highest BCUT2D eigenvalue weighted by Gasteiger charge is 1.98. The van der Waals surface area contributed by atoms with Crippen LogP contribution in [-0.4, -0.2) is 6.09 Å². The summed E-state index contributed by atoms with van der Waals surface area (Å²) in [5, 5.41) is 12.3. The van der Waals surface area contributed by atoms with Crippen LogP contribution in [0.15, 0.2) is 24.3 Å². The summed E-state index contributed by atoms with van der Waals surface area (Å²) in [6.45, 7) is 0. The summed E-state index contributed by atoms with van der Waals surface area (Å²) in [4.78, 5) is 10.2. The highest BCUT2D eigenvalue weighted by atomic mass is 35.5. The van der Waals surface area contributed by atoms with Crippen molar-refractivity contribution in [3.05, 3.63) is 29.8 Å². The number of nitrogens with one attached hydrogen (secondary N) is 1. The van der Waals surface area contributed by atoms with Gasteiger partial charge in [0.15, 0.2) is 0 Å². The molecule has 1 rings (SSSR count). The van der Waals surface area contributed by atoms with Crippen LogP contribution < -0.4 is 10.4 Å². The van der Waals surface area contributed by atoms with Crippen molar-refractivity contribution in [1.29, 1.82) is 0 Å². The molecule has 0 fully saturated rings. The lowest BCUT2D eigenvalue weighted by Crippen LogP contribution is -2.29. The van der Waals surface area contributed by atoms with Crippen molar-refractivity contribution in [1.82, 2.24) is 0 Å². The Morgan fingerprint density at radius 3 is 2.75 bits per heavy atom. The van der Waals surface area contributed by atoms with E-state index in [0.29, 0.717) is 5.69 Å². The topological polar surface area (TPSA) is 52.2 Å². The average Bonchev–Trinajstić information content (AvgIpc) is 2.04. The first-order valence-electron chi connectivity index (χ1n) is 3.36. The van der Waals surface area contributed by atoms with Crippen molar-refractivity contribution >= 4 is 23.4 Å². The molecule has 0 aliphatic heterocycles. The summed E-state index contributed by atoms with van der Waals surface area (Å²) in [6.07, 6.45) is -1.33. The second-order valence-corrected chi connectivity index (χ2v) is 2.47. The Morgan fingerprint density at radius 1 is 1.50 bits per heavy atom. The van der Waals surface area contributed by atoms with Gasteiger partial charge in [0.05, 0.1) is 0 Å². The molecule has 1 aromatic rings. The molecule has 0 aromatic heterocycles. The van der Waals surface area contributed by atoms with Gasteiger partial charge in [-0.25, -0.2) is 0 Å². The maximum Gasteiger partial charge on any atom is 0.138 e. The Hall–Kier alpha value is -1.22. The van der Waals surface area contributed by atoms with Gasteiger partial charge >= 0.3 is 0 Å². The van der Waals surface area contributed by atoms with Gasteiger partial charge in [0.25, 0.3) is 0 Å². The van der Waals surface area contributed by atoms with E-state index >= 15 is 0 Å². The molecule has 4 heteroatoms. The predicted octanol–water partition coefficient (Wildman–Crippen LogP) is 1.18. The lowest BCUT2D eigenvalue weighted by atomic mass is 10.2. The quantitative estimate of drug-likeness (QED) is 0.702. The maximum absolute atomic E-state index is 10.2. The molecule has 0 aliphatic carbocycles. The minimum atomic E-state index is -1.33. The molecule has 0 unspecified atom stereocenters. The lowest BCUT2D eigenvalue weighted by Gasteiger charge is -2.09. The molecule has 0 spiro atoms. The molecule has 0 saturated heterocycles. The van der Waals surface area contributed by atoms with Crippen molar-refractivity contribution in [3.63, 3.8) is 0 Å². The van der Waals surface area contributed by atoms with Crippen molar-refractivity contribution in [3.8, 4) is 0 Å². The van der Waals surface area contributed by atoms with Gasteiger partial charge in [-0.2, -0.15) is 0 Å². The number of carboxylic acid groups (broad SMARTS) is 1. The second kappa shape index (κ2) is 3.97. The number of hydrogen-bond donors (Lipinski definition) is 1. The number of hydrogen-bond acceptors (Lipinski definition) is 2. The third-order valence-corrected chi connectivity index (χ3v) is 1.69. The zero-order valence-corrected chi connectivity index (χ0v) is 6.97. The maximum atomic E-state index is 10.2. The Labute approximate surface area is 75.0 Å². The third-order valence-electron chi connectivity index (χ3n) is 1.40. The Balaban J connectivity index is 2.89. The SMILES string of the molecule is O=C([O-])Nc1ccccc1CCl. The lowest BCUT2D eigenvalue weighted by molar-refractivity contribution is -0.242. The van der Waals surface area contributed by atoms with E-state index in [0.717, 1.165) is 5.56 Å². The summed E-state index contributed by atoms with van der Waals surface area (Å²) >= 11 is 5.56. The molecule has 1 N–H and O–H groups in total. The molecule has 0 atom stereocenters. The van der Waals surface area contributed by atoms with Gasteiger partial charge in [0.2, 0.25) is 0 Å². The predicted molar refractivity (Wildman–Crippen MR) is 45.0 cm³/mol. The molecule has 12 heavy (non-hydrogen) atoms. The van der Waals surface area contributed by atoms with Crippen LogP contribution in [0.1, 0.15) is 5.56 Å². The summed E-state index contributed by atoms with van der Waals surface area (Å²) in [6, 6.07) is 6.89. The molecule has 0 radical (unpaired) electrons. The van der Waals surface area contributed by atoms with Gasteiger partial charge in [-0.05, 0) is 11.6 Å². The van der Waals surface area contributed by atoms with Gasteiger partial charge in [-0.3, -0.25) is 0 Å². The van der Waals surface area contributed by atoms with Crippen molar-refractivity contribution in [2.75, 3.05) is 5.32 Å². The number of rotatable bonds is 2. The Kier molecular flexibility index (Phi) is 2.94. The number of anilines is 1. The van der Waals surface area contributed by atoms with E-state index in [-0.39, 0.29) is 5.88 Å². The van der Waals surface area contributed by atoms with Gasteiger partial charge < -0.3 is 15.2 Å². The first-order chi connectivity index (χ1) is 5.74. The zero-order chi connectivity index (χ0) is 8.97. The van der Waals surface area contributed by atoms with E-state index in [2.05, 4.69) is 5.32 Å². The highest BCUT2D eigenvalue weighted by Crippen LogP contribution is 2.16. The average molecular weight is 185 g/mol. The normalized spacial score (nSPS) is 9.42. The van der Waals surface area contributed by atoms with Crippen LogP contribution in [0, 0.1) is 0 Å². The minimum absolute atomic E-state index is 0.274. The molecular formula is C8H7ClNO2-. The van der Waals surface area contributed by atoms with Crippen LogP contribution in [0.5, 0.6) is 0 Å². The largest absolute Gasteiger partial charge is 0.530 e. The first kappa shape index (κ1) is 8.87. The fraction of sp³-hybridized carbons (Fsp3) is 0.125. The monoisotopic (exact) mass is 184 g/mol. The third kappa shape index (κ3) is 2.13. The van der Waals surface area contributed by atoms with Crippen LogP contribution in [0.3, 0.4) is 0 Å². The van der Waals surface area contributed by atoms with Crippen LogP contribution in [0.2, 0.25) is 0 Å². The molecule has 0 saturated carbocycles. The van der Waals surface area contributed by atoms with Gasteiger partial charge in [0.1, 0.15) is 6.09 Å². The number of carbonyl (C=O) groups excluding carboxylic acids is 1. The summed E-state index contributed by atoms with van der Waals surface area (Å²) < 4.78 is 0. The summed E-state index contributed by atoms with van der Waals surface area (Å²) in [5.41, 5.74) is 1.22. The van der Waals surface area contributed by atoms with E-state index in [1.165, 1.54) is 0 Å². The Morgan fingerprint density at radius 2 is 2.17 bits per heavy atom. The molecule has 1 aromatic carbocycles. The smallest absolute Gasteiger partial charge is 0.138 e. The van der Waals surface area contributed by atoms with Crippen LogP contribution in [0.25, 0.3) is 0 Å². The molecular weight excluding hydrogens is 178 g/mol. The summed E-state index contributed by atoms with van der Waals surface area (Å²) in [5.74, 6) is 0.274. The molecule has 3 nitrogen and oxygen atoms in total. The zero-order valence-electron chi connectivity index (χ0n) is 6.21. The van der Waals surface area contributed by atoms with E-state index < -0.39 is 6.09 Å². The molecule has 0 bridgehead atoms. The van der Waals surface area contributed by atoms with Gasteiger partial charge in [-0.1, -0.05) is 18.2 Å². The fourth-order valence-electron chi connectivity index (χ4n) is 0.869. The van der Waals surface area contributed by atoms with Crippen molar-refractivity contribution in [2.24, 2.45) is 0 Å². The standard InChI is InChI=1S/C8H8ClNO2/c9-5-6-3-1-2-4-7(6)10-8(11)12/h1-4,10H,5H2,(H,11,12)/p-1. The number of benzene rings is 1. The molecule has 0 heterocycles. The van der Waals surface area contributed by atoms with E-state index in [4.69, 9.17) is 11.6 Å².